The lowest BCUT2D eigenvalue weighted by molar-refractivity contribution is 0.921. The minimum absolute atomic E-state index is 0.123. The highest BCUT2D eigenvalue weighted by atomic mass is 127. The van der Waals surface area contributed by atoms with Crippen molar-refractivity contribution >= 4 is 170 Å². The van der Waals surface area contributed by atoms with Crippen molar-refractivity contribution < 1.29 is 0 Å². The summed E-state index contributed by atoms with van der Waals surface area (Å²) in [5.74, 6) is 0.814. The lowest BCUT2D eigenvalue weighted by Crippen LogP contribution is -1.98. The molecule has 0 aliphatic heterocycles. The van der Waals surface area contributed by atoms with E-state index in [4.69, 9.17) is 92.8 Å². The Morgan fingerprint density at radius 3 is 0.927 bits per heavy atom. The summed E-state index contributed by atoms with van der Waals surface area (Å²) in [4.78, 5) is 0. The van der Waals surface area contributed by atoms with Crippen LogP contribution in [0.5, 0.6) is 0 Å². The zero-order valence-corrected chi connectivity index (χ0v) is 59.0. The van der Waals surface area contributed by atoms with E-state index in [1.807, 2.05) is 62.4 Å². The largest absolute Gasteiger partial charge is 0.0843 e. The molecule has 0 aliphatic rings. The van der Waals surface area contributed by atoms with Crippen LogP contribution in [0.25, 0.3) is 22.3 Å². The lowest BCUT2D eigenvalue weighted by Gasteiger charge is -2.17. The fourth-order valence-corrected chi connectivity index (χ4v) is 14.2. The molecule has 0 aliphatic carbocycles. The third kappa shape index (κ3) is 18.5. The predicted molar refractivity (Wildman–Crippen MR) is 383 cm³/mol. The van der Waals surface area contributed by atoms with Crippen LogP contribution in [0.2, 0.25) is 40.2 Å². The standard InChI is InChI=1S/C26H20Br2.C16H16Cl2.C14H10Cl4.C14H10Cl2I2/c1-18(21-12-14-25(27)23(16-21)19-8-4-2-5-9-19)22-13-15-26(28)24(17-22)20-10-6-3-7-11-20;1-10-4-6-13(15(17)8-10)12(3)14-7-5-11(2)9-16(14)18;1-8(9-2-11(15)6-12(16)3-9)10-4-13(17)7-14(18)5-10;1-8(11-4-2-9(17)6-13(11)15)12-5-3-10(18)7-14(12)16/h2-18H,1H3;4-9,12H,1-3H3;2*2-8H,1H3. The maximum Gasteiger partial charge on any atom is 0.0454 e. The van der Waals surface area contributed by atoms with Crippen LogP contribution >= 0.6 is 170 Å². The average molecular weight is 1590 g/mol. The van der Waals surface area contributed by atoms with Gasteiger partial charge in [-0.3, -0.25) is 0 Å². The summed E-state index contributed by atoms with van der Waals surface area (Å²) >= 11 is 61.2. The minimum Gasteiger partial charge on any atom is -0.0843 e. The summed E-state index contributed by atoms with van der Waals surface area (Å²) in [6.45, 7) is 12.7. The first-order valence-electron chi connectivity index (χ1n) is 26.1. The van der Waals surface area contributed by atoms with E-state index < -0.39 is 0 Å². The molecule has 10 rings (SSSR count). The van der Waals surface area contributed by atoms with Gasteiger partial charge in [-0.05, 0) is 234 Å². The van der Waals surface area contributed by atoms with E-state index >= 15 is 0 Å². The highest BCUT2D eigenvalue weighted by Gasteiger charge is 2.18. The minimum atomic E-state index is 0.123. The Hall–Kier alpha value is -3.06. The van der Waals surface area contributed by atoms with Crippen molar-refractivity contribution in [1.29, 1.82) is 0 Å². The Balaban J connectivity index is 0.000000161. The third-order valence-corrected chi connectivity index (χ3v) is 18.9. The zero-order chi connectivity index (χ0) is 59.4. The summed E-state index contributed by atoms with van der Waals surface area (Å²) < 4.78 is 4.52. The van der Waals surface area contributed by atoms with Gasteiger partial charge in [-0.2, -0.15) is 0 Å². The smallest absolute Gasteiger partial charge is 0.0454 e. The molecule has 0 N–H and O–H groups in total. The summed E-state index contributed by atoms with van der Waals surface area (Å²) in [5.41, 5.74) is 16.4. The molecular weight excluding hydrogens is 1540 g/mol. The number of halogens is 12. The van der Waals surface area contributed by atoms with E-state index in [-0.39, 0.29) is 17.8 Å². The van der Waals surface area contributed by atoms with E-state index in [2.05, 4.69) is 250 Å². The van der Waals surface area contributed by atoms with Crippen molar-refractivity contribution in [2.75, 3.05) is 0 Å². The van der Waals surface area contributed by atoms with Gasteiger partial charge in [-0.15, -0.1) is 0 Å². The molecule has 0 saturated heterocycles. The molecule has 10 aromatic carbocycles. The Morgan fingerprint density at radius 1 is 0.305 bits per heavy atom. The Labute approximate surface area is 568 Å². The average Bonchev–Trinajstić information content (AvgIpc) is 3.43. The molecule has 10 aromatic rings. The fourth-order valence-electron chi connectivity index (χ4n) is 9.34. The molecule has 0 nitrogen and oxygen atoms in total. The normalized spacial score (nSPS) is 11.0. The van der Waals surface area contributed by atoms with Gasteiger partial charge in [-0.25, -0.2) is 0 Å². The zero-order valence-electron chi connectivity index (χ0n) is 45.5. The number of aryl methyl sites for hydroxylation is 2. The SMILES string of the molecule is CC(c1cc(Cl)cc(Cl)c1)c1cc(Cl)cc(Cl)c1.CC(c1ccc(Br)c(-c2ccccc2)c1)c1ccc(Br)c(-c2ccccc2)c1.CC(c1ccc(I)cc1Cl)c1ccc(I)cc1Cl.Cc1ccc(C(C)c2ccc(C)cc2Cl)c(Cl)c1. The van der Waals surface area contributed by atoms with Gasteiger partial charge in [0.15, 0.2) is 0 Å². The molecule has 0 heterocycles. The van der Waals surface area contributed by atoms with Gasteiger partial charge in [0.1, 0.15) is 0 Å². The maximum atomic E-state index is 6.31. The summed E-state index contributed by atoms with van der Waals surface area (Å²) in [6, 6.07) is 70.0. The van der Waals surface area contributed by atoms with E-state index in [1.54, 1.807) is 12.1 Å². The van der Waals surface area contributed by atoms with Crippen LogP contribution in [0.3, 0.4) is 0 Å². The van der Waals surface area contributed by atoms with Crippen LogP contribution in [0.4, 0.5) is 0 Å². The molecule has 0 spiro atoms. The van der Waals surface area contributed by atoms with E-state index in [0.717, 1.165) is 69.6 Å². The predicted octanol–water partition coefficient (Wildman–Crippen LogP) is 27.3. The van der Waals surface area contributed by atoms with Gasteiger partial charge in [0.2, 0.25) is 0 Å². The molecule has 0 unspecified atom stereocenters. The second kappa shape index (κ2) is 31.5. The summed E-state index contributed by atoms with van der Waals surface area (Å²) in [7, 11) is 0. The highest BCUT2D eigenvalue weighted by Crippen LogP contribution is 2.40. The van der Waals surface area contributed by atoms with Crippen molar-refractivity contribution in [3.05, 3.63) is 318 Å². The number of benzene rings is 10. The molecule has 0 radical (unpaired) electrons. The summed E-state index contributed by atoms with van der Waals surface area (Å²) in [6.07, 6.45) is 0. The molecule has 82 heavy (non-hydrogen) atoms. The molecule has 0 amide bonds. The topological polar surface area (TPSA) is 0 Å². The molecule has 0 saturated carbocycles. The molecular formula is C70H56Br2Cl8I2. The fraction of sp³-hybridized carbons (Fsp3) is 0.143. The molecule has 0 bridgehead atoms. The maximum absolute atomic E-state index is 6.31. The molecule has 0 aromatic heterocycles. The van der Waals surface area contributed by atoms with Crippen molar-refractivity contribution in [2.45, 2.75) is 65.2 Å². The van der Waals surface area contributed by atoms with Crippen LogP contribution in [0.1, 0.15) is 107 Å². The van der Waals surface area contributed by atoms with Gasteiger partial charge < -0.3 is 0 Å². The van der Waals surface area contributed by atoms with Crippen molar-refractivity contribution in [2.24, 2.45) is 0 Å². The highest BCUT2D eigenvalue weighted by molar-refractivity contribution is 14.1. The molecule has 0 fully saturated rings. The molecule has 420 valence electrons. The molecule has 0 atom stereocenters. The van der Waals surface area contributed by atoms with Crippen molar-refractivity contribution in [3.8, 4) is 22.3 Å². The Morgan fingerprint density at radius 2 is 0.610 bits per heavy atom. The summed E-state index contributed by atoms with van der Waals surface area (Å²) in [5, 5.41) is 5.69. The Bertz CT molecular complexity index is 3410. The number of rotatable bonds is 10. The number of hydrogen-bond donors (Lipinski definition) is 0. The van der Waals surface area contributed by atoms with Gasteiger partial charge in [-0.1, -0.05) is 262 Å². The van der Waals surface area contributed by atoms with Crippen LogP contribution in [-0.4, -0.2) is 0 Å². The van der Waals surface area contributed by atoms with E-state index in [0.29, 0.717) is 26.0 Å². The first-order valence-corrected chi connectivity index (χ1v) is 32.9. The van der Waals surface area contributed by atoms with Crippen molar-refractivity contribution in [1.82, 2.24) is 0 Å². The second-order valence-corrected chi connectivity index (χ2v) is 27.5. The van der Waals surface area contributed by atoms with Crippen LogP contribution in [0, 0.1) is 21.0 Å². The van der Waals surface area contributed by atoms with Crippen LogP contribution in [0.15, 0.2) is 215 Å². The van der Waals surface area contributed by atoms with E-state index in [1.165, 1.54) is 44.5 Å². The van der Waals surface area contributed by atoms with Gasteiger partial charge >= 0.3 is 0 Å². The third-order valence-electron chi connectivity index (χ3n) is 14.0. The van der Waals surface area contributed by atoms with Gasteiger partial charge in [0.05, 0.1) is 0 Å². The van der Waals surface area contributed by atoms with Gasteiger partial charge in [0, 0.05) is 79.9 Å². The van der Waals surface area contributed by atoms with E-state index in [9.17, 15) is 0 Å². The van der Waals surface area contributed by atoms with Gasteiger partial charge in [0.25, 0.3) is 0 Å². The lowest BCUT2D eigenvalue weighted by atomic mass is 9.89. The monoisotopic (exact) mass is 1590 g/mol. The van der Waals surface area contributed by atoms with Crippen LogP contribution < -0.4 is 0 Å². The molecule has 12 heteroatoms. The quantitative estimate of drug-likeness (QED) is 0.120. The Kier molecular flexibility index (Phi) is 25.6. The number of hydrogen-bond acceptors (Lipinski definition) is 0. The van der Waals surface area contributed by atoms with Crippen LogP contribution in [-0.2, 0) is 0 Å². The first kappa shape index (κ1) is 66.5. The first-order chi connectivity index (χ1) is 39.1. The second-order valence-electron chi connectivity index (χ2n) is 19.9. The van der Waals surface area contributed by atoms with Crippen molar-refractivity contribution in [3.63, 3.8) is 0 Å².